The van der Waals surface area contributed by atoms with Gasteiger partial charge < -0.3 is 10.1 Å². The SMILES string of the molecule is C[C@@H](C(=O)OCC(=O)N1CC(=O)Nc2ccccc21)N1C(=O)[C@H]2CCCC[C@@H]2C1=O. The number of hydrogen-bond donors (Lipinski definition) is 1. The molecule has 2 fully saturated rings. The van der Waals surface area contributed by atoms with Crippen LogP contribution in [0.4, 0.5) is 11.4 Å². The van der Waals surface area contributed by atoms with Crippen LogP contribution in [0.3, 0.4) is 0 Å². The summed E-state index contributed by atoms with van der Waals surface area (Å²) in [5.41, 5.74) is 1.01. The second-order valence-corrected chi connectivity index (χ2v) is 7.87. The minimum atomic E-state index is -1.10. The average molecular weight is 413 g/mol. The maximum absolute atomic E-state index is 12.6. The number of likely N-dealkylation sites (tertiary alicyclic amines) is 1. The number of nitrogens with zero attached hydrogens (tertiary/aromatic N) is 2. The summed E-state index contributed by atoms with van der Waals surface area (Å²) in [6.07, 6.45) is 3.10. The number of anilines is 2. The molecule has 158 valence electrons. The first kappa shape index (κ1) is 20.1. The molecule has 0 unspecified atom stereocenters. The van der Waals surface area contributed by atoms with Gasteiger partial charge in [0.2, 0.25) is 17.7 Å². The number of rotatable bonds is 4. The molecule has 9 heteroatoms. The minimum absolute atomic E-state index is 0.185. The molecule has 1 aromatic carbocycles. The lowest BCUT2D eigenvalue weighted by atomic mass is 9.81. The number of esters is 1. The Labute approximate surface area is 173 Å². The van der Waals surface area contributed by atoms with Gasteiger partial charge in [0.05, 0.1) is 23.2 Å². The molecule has 3 atom stereocenters. The van der Waals surface area contributed by atoms with Crippen LogP contribution >= 0.6 is 0 Å². The maximum Gasteiger partial charge on any atom is 0.329 e. The molecule has 4 amide bonds. The van der Waals surface area contributed by atoms with Crippen molar-refractivity contribution in [1.82, 2.24) is 4.90 Å². The normalized spacial score (nSPS) is 24.1. The number of hydrogen-bond acceptors (Lipinski definition) is 6. The molecular weight excluding hydrogens is 390 g/mol. The number of carbonyl (C=O) groups is 5. The molecule has 0 aromatic heterocycles. The van der Waals surface area contributed by atoms with Crippen molar-refractivity contribution in [1.29, 1.82) is 0 Å². The van der Waals surface area contributed by atoms with E-state index in [0.29, 0.717) is 24.2 Å². The molecule has 1 saturated heterocycles. The predicted molar refractivity (Wildman–Crippen MR) is 105 cm³/mol. The van der Waals surface area contributed by atoms with Crippen LogP contribution in [-0.2, 0) is 28.7 Å². The lowest BCUT2D eigenvalue weighted by Crippen LogP contribution is -2.47. The Kier molecular flexibility index (Phi) is 5.27. The van der Waals surface area contributed by atoms with Gasteiger partial charge in [-0.3, -0.25) is 29.0 Å². The Morgan fingerprint density at radius 3 is 2.40 bits per heavy atom. The van der Waals surface area contributed by atoms with Gasteiger partial charge in [0.1, 0.15) is 12.6 Å². The zero-order chi connectivity index (χ0) is 21.4. The van der Waals surface area contributed by atoms with Gasteiger partial charge in [0.15, 0.2) is 6.61 Å². The van der Waals surface area contributed by atoms with Crippen LogP contribution in [-0.4, -0.2) is 53.7 Å². The first-order chi connectivity index (χ1) is 14.4. The van der Waals surface area contributed by atoms with Crippen molar-refractivity contribution in [2.24, 2.45) is 11.8 Å². The van der Waals surface area contributed by atoms with Crippen molar-refractivity contribution in [3.05, 3.63) is 24.3 Å². The van der Waals surface area contributed by atoms with E-state index in [0.717, 1.165) is 17.7 Å². The standard InChI is InChI=1S/C21H23N3O6/c1-12(24-19(27)13-6-2-3-7-14(13)20(24)28)21(29)30-11-18(26)23-10-17(25)22-15-8-4-5-9-16(15)23/h4-5,8-9,12-14H,2-3,6-7,10-11H2,1H3,(H,22,25)/t12-,13-,14-/m0/s1. The first-order valence-corrected chi connectivity index (χ1v) is 10.1. The molecule has 30 heavy (non-hydrogen) atoms. The van der Waals surface area contributed by atoms with Crippen LogP contribution in [0.25, 0.3) is 0 Å². The zero-order valence-corrected chi connectivity index (χ0v) is 16.6. The Balaban J connectivity index is 1.40. The molecule has 9 nitrogen and oxygen atoms in total. The van der Waals surface area contributed by atoms with E-state index >= 15 is 0 Å². The van der Waals surface area contributed by atoms with Crippen LogP contribution in [0.1, 0.15) is 32.6 Å². The summed E-state index contributed by atoms with van der Waals surface area (Å²) in [7, 11) is 0. The number of amides is 4. The number of benzene rings is 1. The monoisotopic (exact) mass is 413 g/mol. The summed E-state index contributed by atoms with van der Waals surface area (Å²) in [5, 5.41) is 2.68. The number of nitrogens with one attached hydrogen (secondary N) is 1. The first-order valence-electron chi connectivity index (χ1n) is 10.1. The van der Waals surface area contributed by atoms with Crippen LogP contribution in [0.5, 0.6) is 0 Å². The van der Waals surface area contributed by atoms with E-state index in [4.69, 9.17) is 4.74 Å². The predicted octanol–water partition coefficient (Wildman–Crippen LogP) is 1.08. The Hall–Kier alpha value is -3.23. The molecule has 2 aliphatic heterocycles. The second-order valence-electron chi connectivity index (χ2n) is 7.87. The molecule has 1 N–H and O–H groups in total. The van der Waals surface area contributed by atoms with Crippen LogP contribution in [0.2, 0.25) is 0 Å². The van der Waals surface area contributed by atoms with Crippen molar-refractivity contribution < 1.29 is 28.7 Å². The van der Waals surface area contributed by atoms with Crippen LogP contribution < -0.4 is 10.2 Å². The van der Waals surface area contributed by atoms with Crippen LogP contribution in [0.15, 0.2) is 24.3 Å². The van der Waals surface area contributed by atoms with Gasteiger partial charge >= 0.3 is 5.97 Å². The third-order valence-electron chi connectivity index (χ3n) is 6.01. The third-order valence-corrected chi connectivity index (χ3v) is 6.01. The van der Waals surface area contributed by atoms with E-state index in [2.05, 4.69) is 5.32 Å². The summed E-state index contributed by atoms with van der Waals surface area (Å²) in [4.78, 5) is 64.5. The van der Waals surface area contributed by atoms with Gasteiger partial charge in [-0.1, -0.05) is 25.0 Å². The fourth-order valence-corrected chi connectivity index (χ4v) is 4.46. The van der Waals surface area contributed by atoms with Gasteiger partial charge in [0, 0.05) is 0 Å². The summed E-state index contributed by atoms with van der Waals surface area (Å²) in [5.74, 6) is -3.11. The van der Waals surface area contributed by atoms with Crippen molar-refractivity contribution in [2.45, 2.75) is 38.6 Å². The summed E-state index contributed by atoms with van der Waals surface area (Å²) >= 11 is 0. The Morgan fingerprint density at radius 2 is 1.73 bits per heavy atom. The number of imide groups is 1. The number of ether oxygens (including phenoxy) is 1. The highest BCUT2D eigenvalue weighted by Crippen LogP contribution is 2.39. The summed E-state index contributed by atoms with van der Waals surface area (Å²) in [6, 6.07) is 5.72. The van der Waals surface area contributed by atoms with Gasteiger partial charge in [-0.05, 0) is 31.9 Å². The lowest BCUT2D eigenvalue weighted by Gasteiger charge is -2.29. The molecule has 0 spiro atoms. The highest BCUT2D eigenvalue weighted by molar-refractivity contribution is 6.11. The highest BCUT2D eigenvalue weighted by Gasteiger charge is 2.51. The third kappa shape index (κ3) is 3.44. The van der Waals surface area contributed by atoms with Crippen molar-refractivity contribution in [3.8, 4) is 0 Å². The number of fused-ring (bicyclic) bond motifs is 2. The molecule has 4 rings (SSSR count). The van der Waals surface area contributed by atoms with E-state index in [9.17, 15) is 24.0 Å². The van der Waals surface area contributed by atoms with Crippen molar-refractivity contribution >= 4 is 41.0 Å². The maximum atomic E-state index is 12.6. The number of para-hydroxylation sites is 2. The van der Waals surface area contributed by atoms with Gasteiger partial charge in [-0.2, -0.15) is 0 Å². The fourth-order valence-electron chi connectivity index (χ4n) is 4.46. The molecule has 1 aliphatic carbocycles. The molecule has 0 bridgehead atoms. The molecular formula is C21H23N3O6. The van der Waals surface area contributed by atoms with Gasteiger partial charge in [-0.25, -0.2) is 4.79 Å². The largest absolute Gasteiger partial charge is 0.454 e. The van der Waals surface area contributed by atoms with Gasteiger partial charge in [-0.15, -0.1) is 0 Å². The van der Waals surface area contributed by atoms with E-state index < -0.39 is 24.5 Å². The summed E-state index contributed by atoms with van der Waals surface area (Å²) < 4.78 is 5.12. The Morgan fingerprint density at radius 1 is 1.10 bits per heavy atom. The zero-order valence-electron chi connectivity index (χ0n) is 16.6. The average Bonchev–Trinajstić information content (AvgIpc) is 3.01. The van der Waals surface area contributed by atoms with E-state index in [-0.39, 0.29) is 36.1 Å². The van der Waals surface area contributed by atoms with Crippen LogP contribution in [0, 0.1) is 11.8 Å². The fraction of sp³-hybridized carbons (Fsp3) is 0.476. The highest BCUT2D eigenvalue weighted by atomic mass is 16.5. The number of carbonyl (C=O) groups excluding carboxylic acids is 5. The van der Waals surface area contributed by atoms with Gasteiger partial charge in [0.25, 0.3) is 5.91 Å². The topological polar surface area (TPSA) is 113 Å². The van der Waals surface area contributed by atoms with E-state index in [1.165, 1.54) is 11.8 Å². The Bertz CT molecular complexity index is 905. The smallest absolute Gasteiger partial charge is 0.329 e. The van der Waals surface area contributed by atoms with E-state index in [1.807, 2.05) is 0 Å². The lowest BCUT2D eigenvalue weighted by molar-refractivity contribution is -0.159. The van der Waals surface area contributed by atoms with Crippen molar-refractivity contribution in [3.63, 3.8) is 0 Å². The molecule has 3 aliphatic rings. The molecule has 1 aromatic rings. The molecule has 1 saturated carbocycles. The van der Waals surface area contributed by atoms with Crippen molar-refractivity contribution in [2.75, 3.05) is 23.4 Å². The minimum Gasteiger partial charge on any atom is -0.454 e. The summed E-state index contributed by atoms with van der Waals surface area (Å²) in [6.45, 7) is 0.660. The van der Waals surface area contributed by atoms with E-state index in [1.54, 1.807) is 24.3 Å². The molecule has 2 heterocycles. The quantitative estimate of drug-likeness (QED) is 0.584. The second kappa shape index (κ2) is 7.89. The molecule has 0 radical (unpaired) electrons.